The summed E-state index contributed by atoms with van der Waals surface area (Å²) in [6.45, 7) is 0.947. The highest BCUT2D eigenvalue weighted by Gasteiger charge is 2.51. The summed E-state index contributed by atoms with van der Waals surface area (Å²) in [5, 5.41) is 10.8. The molecule has 0 aromatic heterocycles. The van der Waals surface area contributed by atoms with Crippen LogP contribution in [0.5, 0.6) is 0 Å². The molecular formula is C22H24BrF3N2O5S. The molecule has 1 amide bonds. The van der Waals surface area contributed by atoms with E-state index in [-0.39, 0.29) is 23.4 Å². The molecule has 2 saturated carbocycles. The fraction of sp³-hybridized carbons (Fsp3) is 0.636. The molecule has 1 aromatic carbocycles. The van der Waals surface area contributed by atoms with Crippen LogP contribution >= 0.6 is 15.9 Å². The number of hydrogen-bond acceptors (Lipinski definition) is 6. The molecule has 1 heterocycles. The second kappa shape index (κ2) is 9.41. The molecule has 0 radical (unpaired) electrons. The van der Waals surface area contributed by atoms with Crippen molar-refractivity contribution in [2.75, 3.05) is 13.2 Å². The molecule has 0 spiro atoms. The summed E-state index contributed by atoms with van der Waals surface area (Å²) in [7, 11) is -4.43. The number of rotatable bonds is 6. The number of carbonyl (C=O) groups is 1. The lowest BCUT2D eigenvalue weighted by Crippen LogP contribution is -2.43. The first-order valence-corrected chi connectivity index (χ1v) is 13.4. The molecule has 0 bridgehead atoms. The van der Waals surface area contributed by atoms with E-state index in [0.29, 0.717) is 38.9 Å². The number of carbonyl (C=O) groups excluding carboxylic acids is 1. The van der Waals surface area contributed by atoms with Gasteiger partial charge in [0, 0.05) is 17.7 Å². The number of nitrogens with zero attached hydrogens (tertiary/aromatic N) is 1. The first kappa shape index (κ1) is 25.4. The van der Waals surface area contributed by atoms with Gasteiger partial charge in [0.15, 0.2) is 9.84 Å². The van der Waals surface area contributed by atoms with E-state index in [1.165, 1.54) is 6.07 Å². The molecule has 186 valence electrons. The number of hydrogen-bond donors (Lipinski definition) is 1. The van der Waals surface area contributed by atoms with Crippen LogP contribution in [0, 0.1) is 17.2 Å². The fourth-order valence-corrected chi connectivity index (χ4v) is 6.93. The van der Waals surface area contributed by atoms with E-state index in [4.69, 9.17) is 9.47 Å². The van der Waals surface area contributed by atoms with Gasteiger partial charge in [0.25, 0.3) is 0 Å². The lowest BCUT2D eigenvalue weighted by molar-refractivity contribution is -0.140. The molecule has 3 atom stereocenters. The zero-order valence-electron chi connectivity index (χ0n) is 18.1. The van der Waals surface area contributed by atoms with Crippen LogP contribution in [0.4, 0.5) is 13.2 Å². The van der Waals surface area contributed by atoms with Crippen LogP contribution in [0.1, 0.15) is 44.1 Å². The Kier molecular flexibility index (Phi) is 7.03. The van der Waals surface area contributed by atoms with Gasteiger partial charge in [-0.05, 0) is 56.7 Å². The highest BCUT2D eigenvalue weighted by atomic mass is 79.9. The van der Waals surface area contributed by atoms with Gasteiger partial charge < -0.3 is 14.8 Å². The Balaban J connectivity index is 1.62. The predicted octanol–water partition coefficient (Wildman–Crippen LogP) is 3.76. The van der Waals surface area contributed by atoms with Gasteiger partial charge in [0.2, 0.25) is 5.91 Å². The summed E-state index contributed by atoms with van der Waals surface area (Å²) in [6.07, 6.45) is -4.02. The van der Waals surface area contributed by atoms with Gasteiger partial charge >= 0.3 is 6.18 Å². The molecule has 3 fully saturated rings. The largest absolute Gasteiger partial charge is 0.417 e. The van der Waals surface area contributed by atoms with Crippen molar-refractivity contribution in [2.24, 2.45) is 5.92 Å². The number of benzene rings is 1. The second-order valence-corrected chi connectivity index (χ2v) is 12.2. The van der Waals surface area contributed by atoms with Gasteiger partial charge in [-0.1, -0.05) is 15.9 Å². The summed E-state index contributed by atoms with van der Waals surface area (Å²) in [6, 6.07) is 5.00. The highest BCUT2D eigenvalue weighted by molar-refractivity contribution is 9.10. The van der Waals surface area contributed by atoms with E-state index in [1.54, 1.807) is 0 Å². The number of alkyl halides is 3. The zero-order valence-corrected chi connectivity index (χ0v) is 20.5. The van der Waals surface area contributed by atoms with Crippen LogP contribution in [0.2, 0.25) is 0 Å². The van der Waals surface area contributed by atoms with Crippen LogP contribution in [-0.2, 0) is 30.3 Å². The van der Waals surface area contributed by atoms with Crippen molar-refractivity contribution in [1.29, 1.82) is 5.26 Å². The SMILES string of the molecule is N#CC1(NC(=O)[C@@H]2C[C@@H](S(=O)(=O)c3ccc(Br)cc3C(F)(F)F)C[C@H]2OC2CCOCC2)CC1. The highest BCUT2D eigenvalue weighted by Crippen LogP contribution is 2.43. The molecule has 3 aliphatic rings. The van der Waals surface area contributed by atoms with Gasteiger partial charge in [-0.3, -0.25) is 4.79 Å². The minimum atomic E-state index is -4.87. The Hall–Kier alpha value is -1.68. The van der Waals surface area contributed by atoms with Gasteiger partial charge in [0.05, 0.1) is 39.9 Å². The van der Waals surface area contributed by atoms with Crippen LogP contribution in [0.3, 0.4) is 0 Å². The van der Waals surface area contributed by atoms with Crippen molar-refractivity contribution < 1.29 is 35.9 Å². The number of nitriles is 1. The molecule has 1 aliphatic heterocycles. The maximum atomic E-state index is 13.7. The molecule has 1 saturated heterocycles. The minimum absolute atomic E-state index is 0.106. The predicted molar refractivity (Wildman–Crippen MR) is 117 cm³/mol. The van der Waals surface area contributed by atoms with Gasteiger partial charge in [-0.25, -0.2) is 8.42 Å². The Bertz CT molecular complexity index is 1090. The topological polar surface area (TPSA) is 105 Å². The van der Waals surface area contributed by atoms with E-state index >= 15 is 0 Å². The Morgan fingerprint density at radius 2 is 1.91 bits per heavy atom. The number of ether oxygens (including phenoxy) is 2. The standard InChI is InChI=1S/C22H24BrF3N2O5S/c23-13-1-2-19(17(9-13)22(24,25)26)34(30,31)15-10-16(20(29)28-21(12-27)5-6-21)18(11-15)33-14-3-7-32-8-4-14/h1-2,9,14-16,18H,3-8,10-11H2,(H,28,29)/t15-,16-,18-/m1/s1. The average molecular weight is 565 g/mol. The van der Waals surface area contributed by atoms with Crippen LogP contribution in [0.15, 0.2) is 27.6 Å². The lowest BCUT2D eigenvalue weighted by atomic mass is 10.0. The minimum Gasteiger partial charge on any atom is -0.381 e. The van der Waals surface area contributed by atoms with Crippen LogP contribution < -0.4 is 5.32 Å². The molecule has 34 heavy (non-hydrogen) atoms. The van der Waals surface area contributed by atoms with E-state index in [9.17, 15) is 31.6 Å². The second-order valence-electron chi connectivity index (χ2n) is 9.05. The van der Waals surface area contributed by atoms with Crippen molar-refractivity contribution in [3.8, 4) is 6.07 Å². The van der Waals surface area contributed by atoms with Crippen LogP contribution in [-0.4, -0.2) is 50.5 Å². The lowest BCUT2D eigenvalue weighted by Gasteiger charge is -2.28. The monoisotopic (exact) mass is 564 g/mol. The molecule has 7 nitrogen and oxygen atoms in total. The molecule has 12 heteroatoms. The van der Waals surface area contributed by atoms with E-state index in [2.05, 4.69) is 27.3 Å². The molecule has 0 unspecified atom stereocenters. The summed E-state index contributed by atoms with van der Waals surface area (Å²) < 4.78 is 79.3. The summed E-state index contributed by atoms with van der Waals surface area (Å²) >= 11 is 2.97. The third-order valence-electron chi connectivity index (χ3n) is 6.65. The van der Waals surface area contributed by atoms with E-state index < -0.39 is 55.2 Å². The fourth-order valence-electron chi connectivity index (χ4n) is 4.56. The van der Waals surface area contributed by atoms with E-state index in [1.807, 2.05) is 0 Å². The van der Waals surface area contributed by atoms with Crippen molar-refractivity contribution >= 4 is 31.7 Å². The Labute approximate surface area is 204 Å². The maximum absolute atomic E-state index is 13.7. The number of amides is 1. The number of sulfone groups is 1. The average Bonchev–Trinajstić information content (AvgIpc) is 3.42. The first-order chi connectivity index (χ1) is 15.9. The third kappa shape index (κ3) is 5.27. The smallest absolute Gasteiger partial charge is 0.381 e. The number of nitrogens with one attached hydrogen (secondary N) is 1. The number of halogens is 4. The summed E-state index contributed by atoms with van der Waals surface area (Å²) in [5.74, 6) is -1.39. The summed E-state index contributed by atoms with van der Waals surface area (Å²) in [4.78, 5) is 12.2. The third-order valence-corrected chi connectivity index (χ3v) is 9.38. The van der Waals surface area contributed by atoms with Gasteiger partial charge in [-0.15, -0.1) is 0 Å². The van der Waals surface area contributed by atoms with Gasteiger partial charge in [-0.2, -0.15) is 18.4 Å². The Morgan fingerprint density at radius 3 is 2.50 bits per heavy atom. The molecular weight excluding hydrogens is 541 g/mol. The molecule has 1 aromatic rings. The van der Waals surface area contributed by atoms with Gasteiger partial charge in [0.1, 0.15) is 5.54 Å². The van der Waals surface area contributed by atoms with Crippen molar-refractivity contribution in [3.05, 3.63) is 28.2 Å². The van der Waals surface area contributed by atoms with Crippen molar-refractivity contribution in [3.63, 3.8) is 0 Å². The zero-order chi connectivity index (χ0) is 24.7. The van der Waals surface area contributed by atoms with Crippen LogP contribution in [0.25, 0.3) is 0 Å². The maximum Gasteiger partial charge on any atom is 0.417 e. The first-order valence-electron chi connectivity index (χ1n) is 11.0. The summed E-state index contributed by atoms with van der Waals surface area (Å²) in [5.41, 5.74) is -2.20. The molecule has 4 rings (SSSR count). The molecule has 2 aliphatic carbocycles. The Morgan fingerprint density at radius 1 is 1.24 bits per heavy atom. The van der Waals surface area contributed by atoms with Crippen molar-refractivity contribution in [2.45, 2.75) is 72.6 Å². The molecule has 1 N–H and O–H groups in total. The van der Waals surface area contributed by atoms with E-state index in [0.717, 1.165) is 12.1 Å². The normalized spacial score (nSPS) is 27.2. The van der Waals surface area contributed by atoms with Crippen molar-refractivity contribution in [1.82, 2.24) is 5.32 Å². The quantitative estimate of drug-likeness (QED) is 0.564.